The number of nitrogens with zero attached hydrogens (tertiary/aromatic N) is 4. The molecule has 1 fully saturated rings. The van der Waals surface area contributed by atoms with Crippen LogP contribution in [0, 0.1) is 6.92 Å². The van der Waals surface area contributed by atoms with Gasteiger partial charge in [-0.2, -0.15) is 0 Å². The van der Waals surface area contributed by atoms with Crippen LogP contribution in [0.4, 0.5) is 5.82 Å². The highest BCUT2D eigenvalue weighted by molar-refractivity contribution is 5.94. The maximum atomic E-state index is 12.6. The van der Waals surface area contributed by atoms with Gasteiger partial charge in [-0.3, -0.25) is 9.59 Å². The smallest absolute Gasteiger partial charge is 0.308 e. The first-order chi connectivity index (χ1) is 12.0. The number of benzene rings is 1. The molecule has 0 saturated carbocycles. The van der Waals surface area contributed by atoms with Gasteiger partial charge in [0.1, 0.15) is 17.9 Å². The first kappa shape index (κ1) is 16.9. The van der Waals surface area contributed by atoms with Crippen LogP contribution in [0.2, 0.25) is 0 Å². The minimum Gasteiger partial charge on any atom is -0.427 e. The van der Waals surface area contributed by atoms with Crippen molar-refractivity contribution in [1.29, 1.82) is 0 Å². The molecule has 0 radical (unpaired) electrons. The Kier molecular flexibility index (Phi) is 4.92. The molecular formula is C18H20N4O3. The van der Waals surface area contributed by atoms with Gasteiger partial charge in [0.15, 0.2) is 0 Å². The number of carbonyl (C=O) groups excluding carboxylic acids is 2. The van der Waals surface area contributed by atoms with Crippen molar-refractivity contribution in [3.63, 3.8) is 0 Å². The Balaban J connectivity index is 1.60. The zero-order chi connectivity index (χ0) is 17.8. The first-order valence-corrected chi connectivity index (χ1v) is 8.14. The molecule has 7 nitrogen and oxygen atoms in total. The number of anilines is 1. The fourth-order valence-corrected chi connectivity index (χ4v) is 2.77. The summed E-state index contributed by atoms with van der Waals surface area (Å²) in [5.41, 5.74) is 1.51. The molecule has 1 saturated heterocycles. The van der Waals surface area contributed by atoms with E-state index in [9.17, 15) is 9.59 Å². The lowest BCUT2D eigenvalue weighted by atomic mass is 10.1. The van der Waals surface area contributed by atoms with Crippen molar-refractivity contribution in [3.8, 4) is 5.75 Å². The van der Waals surface area contributed by atoms with Gasteiger partial charge < -0.3 is 14.5 Å². The number of aromatic nitrogens is 2. The molecule has 1 amide bonds. The SMILES string of the molecule is CC(=O)Oc1ccc(C(=O)N2CCN(c3cc(C)ncn3)CC2)cc1. The van der Waals surface area contributed by atoms with Gasteiger partial charge in [0.2, 0.25) is 0 Å². The number of amides is 1. The third kappa shape index (κ3) is 4.12. The highest BCUT2D eigenvalue weighted by Crippen LogP contribution is 2.17. The molecule has 25 heavy (non-hydrogen) atoms. The molecule has 1 aromatic carbocycles. The van der Waals surface area contributed by atoms with Crippen LogP contribution in [0.15, 0.2) is 36.7 Å². The van der Waals surface area contributed by atoms with Gasteiger partial charge >= 0.3 is 5.97 Å². The number of ether oxygens (including phenoxy) is 1. The van der Waals surface area contributed by atoms with Gasteiger partial charge in [0, 0.05) is 50.4 Å². The lowest BCUT2D eigenvalue weighted by molar-refractivity contribution is -0.131. The first-order valence-electron chi connectivity index (χ1n) is 8.14. The Morgan fingerprint density at radius 1 is 1.04 bits per heavy atom. The van der Waals surface area contributed by atoms with E-state index in [1.165, 1.54) is 6.92 Å². The molecule has 0 spiro atoms. The molecule has 0 bridgehead atoms. The number of hydrogen-bond acceptors (Lipinski definition) is 6. The molecule has 0 unspecified atom stereocenters. The van der Waals surface area contributed by atoms with Crippen molar-refractivity contribution < 1.29 is 14.3 Å². The van der Waals surface area contributed by atoms with Crippen molar-refractivity contribution >= 4 is 17.7 Å². The van der Waals surface area contributed by atoms with E-state index in [1.54, 1.807) is 30.6 Å². The molecule has 2 aromatic rings. The summed E-state index contributed by atoms with van der Waals surface area (Å²) < 4.78 is 4.98. The summed E-state index contributed by atoms with van der Waals surface area (Å²) in [5.74, 6) is 0.932. The second kappa shape index (κ2) is 7.29. The number of esters is 1. The summed E-state index contributed by atoms with van der Waals surface area (Å²) in [6.07, 6.45) is 1.56. The summed E-state index contributed by atoms with van der Waals surface area (Å²) in [6, 6.07) is 8.58. The highest BCUT2D eigenvalue weighted by atomic mass is 16.5. The number of piperazine rings is 1. The summed E-state index contributed by atoms with van der Waals surface area (Å²) in [4.78, 5) is 35.9. The van der Waals surface area contributed by atoms with Crippen LogP contribution in [0.1, 0.15) is 23.0 Å². The van der Waals surface area contributed by atoms with E-state index in [4.69, 9.17) is 4.74 Å². The fraction of sp³-hybridized carbons (Fsp3) is 0.333. The molecule has 2 heterocycles. The van der Waals surface area contributed by atoms with Gasteiger partial charge in [0.05, 0.1) is 0 Å². The molecule has 0 N–H and O–H groups in total. The number of carbonyl (C=O) groups is 2. The quantitative estimate of drug-likeness (QED) is 0.625. The van der Waals surface area contributed by atoms with E-state index in [0.717, 1.165) is 24.6 Å². The van der Waals surface area contributed by atoms with Crippen molar-refractivity contribution in [1.82, 2.24) is 14.9 Å². The molecule has 0 aliphatic carbocycles. The second-order valence-electron chi connectivity index (χ2n) is 5.91. The third-order valence-corrected chi connectivity index (χ3v) is 4.04. The van der Waals surface area contributed by atoms with Crippen LogP contribution in [0.3, 0.4) is 0 Å². The Labute approximate surface area is 146 Å². The molecule has 0 atom stereocenters. The zero-order valence-electron chi connectivity index (χ0n) is 14.3. The standard InChI is InChI=1S/C18H20N4O3/c1-13-11-17(20-12-19-13)21-7-9-22(10-8-21)18(24)15-3-5-16(6-4-15)25-14(2)23/h3-6,11-12H,7-10H2,1-2H3. The Morgan fingerprint density at radius 2 is 1.72 bits per heavy atom. The minimum atomic E-state index is -0.379. The zero-order valence-corrected chi connectivity index (χ0v) is 14.3. The van der Waals surface area contributed by atoms with E-state index < -0.39 is 0 Å². The number of rotatable bonds is 3. The van der Waals surface area contributed by atoms with Crippen molar-refractivity contribution in [2.24, 2.45) is 0 Å². The van der Waals surface area contributed by atoms with E-state index >= 15 is 0 Å². The van der Waals surface area contributed by atoms with Gasteiger partial charge in [-0.15, -0.1) is 0 Å². The summed E-state index contributed by atoms with van der Waals surface area (Å²) in [6.45, 7) is 6.00. The Bertz CT molecular complexity index is 768. The van der Waals surface area contributed by atoms with Crippen LogP contribution >= 0.6 is 0 Å². The van der Waals surface area contributed by atoms with Crippen molar-refractivity contribution in [2.45, 2.75) is 13.8 Å². The Hall–Kier alpha value is -2.96. The molecule has 1 aliphatic rings. The maximum absolute atomic E-state index is 12.6. The largest absolute Gasteiger partial charge is 0.427 e. The van der Waals surface area contributed by atoms with Crippen molar-refractivity contribution in [3.05, 3.63) is 47.9 Å². The van der Waals surface area contributed by atoms with Gasteiger partial charge in [0.25, 0.3) is 5.91 Å². The number of hydrogen-bond donors (Lipinski definition) is 0. The Morgan fingerprint density at radius 3 is 2.32 bits per heavy atom. The summed E-state index contributed by atoms with van der Waals surface area (Å²) >= 11 is 0. The van der Waals surface area contributed by atoms with Gasteiger partial charge in [-0.25, -0.2) is 9.97 Å². The predicted octanol–water partition coefficient (Wildman–Crippen LogP) is 1.67. The van der Waals surface area contributed by atoms with E-state index in [-0.39, 0.29) is 11.9 Å². The monoisotopic (exact) mass is 340 g/mol. The summed E-state index contributed by atoms with van der Waals surface area (Å²) in [5, 5.41) is 0. The third-order valence-electron chi connectivity index (χ3n) is 4.04. The lowest BCUT2D eigenvalue weighted by Gasteiger charge is -2.35. The van der Waals surface area contributed by atoms with Crippen LogP contribution in [0.25, 0.3) is 0 Å². The molecule has 7 heteroatoms. The average molecular weight is 340 g/mol. The molecule has 1 aliphatic heterocycles. The maximum Gasteiger partial charge on any atom is 0.308 e. The molecule has 1 aromatic heterocycles. The summed E-state index contributed by atoms with van der Waals surface area (Å²) in [7, 11) is 0. The van der Waals surface area contributed by atoms with E-state index in [0.29, 0.717) is 24.4 Å². The lowest BCUT2D eigenvalue weighted by Crippen LogP contribution is -2.49. The van der Waals surface area contributed by atoms with E-state index in [2.05, 4.69) is 14.9 Å². The topological polar surface area (TPSA) is 75.6 Å². The predicted molar refractivity (Wildman–Crippen MR) is 92.6 cm³/mol. The molecule has 130 valence electrons. The highest BCUT2D eigenvalue weighted by Gasteiger charge is 2.23. The van der Waals surface area contributed by atoms with Gasteiger partial charge in [-0.05, 0) is 31.2 Å². The normalized spacial score (nSPS) is 14.3. The molecular weight excluding hydrogens is 320 g/mol. The van der Waals surface area contributed by atoms with Crippen LogP contribution in [-0.4, -0.2) is 52.9 Å². The van der Waals surface area contributed by atoms with E-state index in [1.807, 2.05) is 17.9 Å². The number of aryl methyl sites for hydroxylation is 1. The van der Waals surface area contributed by atoms with Crippen LogP contribution in [-0.2, 0) is 4.79 Å². The fourth-order valence-electron chi connectivity index (χ4n) is 2.77. The van der Waals surface area contributed by atoms with Crippen LogP contribution < -0.4 is 9.64 Å². The second-order valence-corrected chi connectivity index (χ2v) is 5.91. The van der Waals surface area contributed by atoms with Crippen molar-refractivity contribution in [2.75, 3.05) is 31.1 Å². The molecule has 3 rings (SSSR count). The van der Waals surface area contributed by atoms with Crippen LogP contribution in [0.5, 0.6) is 5.75 Å². The van der Waals surface area contributed by atoms with Gasteiger partial charge in [-0.1, -0.05) is 0 Å². The minimum absolute atomic E-state index is 0.0205. The average Bonchev–Trinajstić information content (AvgIpc) is 2.61.